The molecular weight excluding hydrogens is 238 g/mol. The molecule has 0 amide bonds. The molecule has 0 saturated carbocycles. The number of fused-ring (bicyclic) bond motifs is 1. The van der Waals surface area contributed by atoms with Gasteiger partial charge in [-0.2, -0.15) is 10.5 Å². The van der Waals surface area contributed by atoms with Crippen molar-refractivity contribution in [3.63, 3.8) is 0 Å². The van der Waals surface area contributed by atoms with Gasteiger partial charge in [0.2, 0.25) is 0 Å². The first-order valence-corrected chi connectivity index (χ1v) is 5.57. The molecule has 0 atom stereocenters. The lowest BCUT2D eigenvalue weighted by atomic mass is 10.1. The minimum atomic E-state index is 0.547. The molecule has 0 bridgehead atoms. The van der Waals surface area contributed by atoms with Gasteiger partial charge in [-0.3, -0.25) is 4.40 Å². The van der Waals surface area contributed by atoms with E-state index in [2.05, 4.69) is 22.3 Å². The number of hydrogen-bond acceptors (Lipinski definition) is 4. The van der Waals surface area contributed by atoms with Gasteiger partial charge in [-0.05, 0) is 30.3 Å². The lowest BCUT2D eigenvalue weighted by Gasteiger charge is -2.00. The van der Waals surface area contributed by atoms with Crippen LogP contribution in [0.1, 0.15) is 11.1 Å². The lowest BCUT2D eigenvalue weighted by Crippen LogP contribution is -1.90. The first-order valence-electron chi connectivity index (χ1n) is 5.57. The van der Waals surface area contributed by atoms with Gasteiger partial charge in [-0.15, -0.1) is 10.2 Å². The van der Waals surface area contributed by atoms with Gasteiger partial charge in [0, 0.05) is 17.8 Å². The van der Waals surface area contributed by atoms with E-state index in [-0.39, 0.29) is 0 Å². The van der Waals surface area contributed by atoms with E-state index in [1.165, 1.54) is 0 Å². The standard InChI is InChI=1S/C14H7N5/c15-8-10-1-3-12(4-2-10)14-18-17-13-7-11(9-16)5-6-19(13)14/h1-7H. The second-order valence-corrected chi connectivity index (χ2v) is 3.97. The second kappa shape index (κ2) is 4.25. The third-order valence-electron chi connectivity index (χ3n) is 2.81. The predicted molar refractivity (Wildman–Crippen MR) is 67.9 cm³/mol. The minimum absolute atomic E-state index is 0.547. The maximum absolute atomic E-state index is 8.84. The fourth-order valence-electron chi connectivity index (χ4n) is 1.85. The molecule has 0 radical (unpaired) electrons. The van der Waals surface area contributed by atoms with E-state index in [4.69, 9.17) is 10.5 Å². The van der Waals surface area contributed by atoms with Crippen molar-refractivity contribution in [1.82, 2.24) is 14.6 Å². The van der Waals surface area contributed by atoms with Crippen molar-refractivity contribution in [3.05, 3.63) is 53.7 Å². The van der Waals surface area contributed by atoms with E-state index in [1.807, 2.05) is 16.5 Å². The van der Waals surface area contributed by atoms with Crippen molar-refractivity contribution < 1.29 is 0 Å². The zero-order chi connectivity index (χ0) is 13.2. The van der Waals surface area contributed by atoms with Gasteiger partial charge in [0.1, 0.15) is 0 Å². The third-order valence-corrected chi connectivity index (χ3v) is 2.81. The first kappa shape index (κ1) is 10.9. The summed E-state index contributed by atoms with van der Waals surface area (Å²) in [6.07, 6.45) is 1.77. The molecule has 5 heteroatoms. The highest BCUT2D eigenvalue weighted by molar-refractivity contribution is 5.61. The van der Waals surface area contributed by atoms with E-state index >= 15 is 0 Å². The Balaban J connectivity index is 2.15. The molecule has 3 aromatic rings. The van der Waals surface area contributed by atoms with Crippen LogP contribution >= 0.6 is 0 Å². The first-order chi connectivity index (χ1) is 9.31. The van der Waals surface area contributed by atoms with E-state index in [9.17, 15) is 0 Å². The van der Waals surface area contributed by atoms with Crippen LogP contribution in [0.4, 0.5) is 0 Å². The Morgan fingerprint density at radius 2 is 1.63 bits per heavy atom. The Morgan fingerprint density at radius 1 is 0.895 bits per heavy atom. The van der Waals surface area contributed by atoms with E-state index in [1.54, 1.807) is 30.5 Å². The average molecular weight is 245 g/mol. The van der Waals surface area contributed by atoms with Crippen LogP contribution in [0.3, 0.4) is 0 Å². The molecular formula is C14H7N5. The van der Waals surface area contributed by atoms with Gasteiger partial charge in [-0.1, -0.05) is 0 Å². The van der Waals surface area contributed by atoms with Gasteiger partial charge in [0.25, 0.3) is 0 Å². The Bertz CT molecular complexity index is 831. The normalized spacial score (nSPS) is 10.0. The summed E-state index contributed by atoms with van der Waals surface area (Å²) >= 11 is 0. The minimum Gasteiger partial charge on any atom is -0.282 e. The molecule has 0 spiro atoms. The largest absolute Gasteiger partial charge is 0.282 e. The van der Waals surface area contributed by atoms with Crippen molar-refractivity contribution in [2.45, 2.75) is 0 Å². The van der Waals surface area contributed by atoms with Crippen LogP contribution in [0, 0.1) is 22.7 Å². The van der Waals surface area contributed by atoms with Crippen molar-refractivity contribution in [3.8, 4) is 23.5 Å². The summed E-state index contributed by atoms with van der Waals surface area (Å²) in [5.41, 5.74) is 2.64. The highest BCUT2D eigenvalue weighted by atomic mass is 15.2. The van der Waals surface area contributed by atoms with Crippen LogP contribution in [0.25, 0.3) is 17.0 Å². The van der Waals surface area contributed by atoms with E-state index in [0.717, 1.165) is 5.56 Å². The van der Waals surface area contributed by atoms with Gasteiger partial charge in [0.05, 0.1) is 23.3 Å². The highest BCUT2D eigenvalue weighted by Gasteiger charge is 2.08. The number of nitrogens with zero attached hydrogens (tertiary/aromatic N) is 5. The molecule has 2 heterocycles. The van der Waals surface area contributed by atoms with E-state index < -0.39 is 0 Å². The van der Waals surface area contributed by atoms with Crippen LogP contribution < -0.4 is 0 Å². The maximum Gasteiger partial charge on any atom is 0.168 e. The summed E-state index contributed by atoms with van der Waals surface area (Å²) in [6, 6.07) is 14.7. The molecule has 88 valence electrons. The van der Waals surface area contributed by atoms with Crippen molar-refractivity contribution >= 4 is 5.65 Å². The van der Waals surface area contributed by atoms with Gasteiger partial charge < -0.3 is 0 Å². The van der Waals surface area contributed by atoms with Crippen LogP contribution in [0.2, 0.25) is 0 Å². The highest BCUT2D eigenvalue weighted by Crippen LogP contribution is 2.19. The van der Waals surface area contributed by atoms with Crippen molar-refractivity contribution in [1.29, 1.82) is 10.5 Å². The van der Waals surface area contributed by atoms with Gasteiger partial charge in [-0.25, -0.2) is 0 Å². The fraction of sp³-hybridized carbons (Fsp3) is 0. The van der Waals surface area contributed by atoms with Crippen LogP contribution in [0.5, 0.6) is 0 Å². The number of benzene rings is 1. The molecule has 5 nitrogen and oxygen atoms in total. The molecule has 0 fully saturated rings. The third kappa shape index (κ3) is 1.80. The summed E-state index contributed by atoms with van der Waals surface area (Å²) in [6.45, 7) is 0. The van der Waals surface area contributed by atoms with Crippen LogP contribution in [-0.2, 0) is 0 Å². The molecule has 0 aliphatic heterocycles. The number of nitriles is 2. The molecule has 0 N–H and O–H groups in total. The number of pyridine rings is 1. The molecule has 3 rings (SSSR count). The topological polar surface area (TPSA) is 77.8 Å². The summed E-state index contributed by atoms with van der Waals surface area (Å²) in [5.74, 6) is 0.684. The molecule has 0 aliphatic carbocycles. The van der Waals surface area contributed by atoms with Gasteiger partial charge >= 0.3 is 0 Å². The molecule has 2 aromatic heterocycles. The summed E-state index contributed by atoms with van der Waals surface area (Å²) in [4.78, 5) is 0. The Morgan fingerprint density at radius 3 is 2.32 bits per heavy atom. The Labute approximate surface area is 109 Å². The molecule has 19 heavy (non-hydrogen) atoms. The SMILES string of the molecule is N#Cc1ccc(-c2nnc3cc(C#N)ccn23)cc1. The maximum atomic E-state index is 8.84. The molecule has 0 saturated heterocycles. The zero-order valence-corrected chi connectivity index (χ0v) is 9.78. The van der Waals surface area contributed by atoms with Crippen LogP contribution in [-0.4, -0.2) is 14.6 Å². The Hall–Kier alpha value is -3.18. The molecule has 0 aliphatic rings. The second-order valence-electron chi connectivity index (χ2n) is 3.97. The summed E-state index contributed by atoms with van der Waals surface area (Å²) in [7, 11) is 0. The summed E-state index contributed by atoms with van der Waals surface area (Å²) < 4.78 is 1.81. The molecule has 0 unspecified atom stereocenters. The predicted octanol–water partition coefficient (Wildman–Crippen LogP) is 2.14. The van der Waals surface area contributed by atoms with Gasteiger partial charge in [0.15, 0.2) is 11.5 Å². The Kier molecular flexibility index (Phi) is 2.45. The number of rotatable bonds is 1. The van der Waals surface area contributed by atoms with Crippen molar-refractivity contribution in [2.75, 3.05) is 0 Å². The van der Waals surface area contributed by atoms with E-state index in [0.29, 0.717) is 22.6 Å². The van der Waals surface area contributed by atoms with Crippen LogP contribution in [0.15, 0.2) is 42.6 Å². The lowest BCUT2D eigenvalue weighted by molar-refractivity contribution is 1.11. The molecule has 1 aromatic carbocycles. The monoisotopic (exact) mass is 245 g/mol. The smallest absolute Gasteiger partial charge is 0.168 e. The quantitative estimate of drug-likeness (QED) is 0.658. The zero-order valence-electron chi connectivity index (χ0n) is 9.78. The average Bonchev–Trinajstić information content (AvgIpc) is 2.90. The van der Waals surface area contributed by atoms with Crippen molar-refractivity contribution in [2.24, 2.45) is 0 Å². The number of hydrogen-bond donors (Lipinski definition) is 0. The fourth-order valence-corrected chi connectivity index (χ4v) is 1.85. The summed E-state index contributed by atoms with van der Waals surface area (Å²) in [5, 5.41) is 25.8. The number of aromatic nitrogens is 3.